The standard InChI is InChI=1S/C24H28N2O4S/c1-8-30-24(29)20-15(5)17(7)31-23(20)25-22(28)16(6)26-19(27)11-13(3)18-10-12(2)9-14(4)21(18)26/h9-11,16H,8H2,1-7H3,(H,25,28). The molecule has 0 aliphatic rings. The lowest BCUT2D eigenvalue weighted by atomic mass is 10.0. The van der Waals surface area contributed by atoms with Crippen molar-refractivity contribution in [2.24, 2.45) is 0 Å². The average molecular weight is 441 g/mol. The van der Waals surface area contributed by atoms with Gasteiger partial charge in [-0.15, -0.1) is 11.3 Å². The lowest BCUT2D eigenvalue weighted by molar-refractivity contribution is -0.118. The Kier molecular flexibility index (Phi) is 6.36. The summed E-state index contributed by atoms with van der Waals surface area (Å²) in [7, 11) is 0. The van der Waals surface area contributed by atoms with Gasteiger partial charge in [0.15, 0.2) is 0 Å². The van der Waals surface area contributed by atoms with E-state index in [9.17, 15) is 14.4 Å². The second kappa shape index (κ2) is 8.67. The number of pyridine rings is 1. The third-order valence-corrected chi connectivity index (χ3v) is 6.68. The van der Waals surface area contributed by atoms with Crippen molar-refractivity contribution < 1.29 is 14.3 Å². The maximum atomic E-state index is 13.2. The SMILES string of the molecule is CCOC(=O)c1c(NC(=O)C(C)n2c(=O)cc(C)c3cc(C)cc(C)c32)sc(C)c1C. The highest BCUT2D eigenvalue weighted by molar-refractivity contribution is 7.16. The molecule has 164 valence electrons. The Hall–Kier alpha value is -2.93. The summed E-state index contributed by atoms with van der Waals surface area (Å²) in [4.78, 5) is 39.5. The molecule has 0 bridgehead atoms. The molecule has 31 heavy (non-hydrogen) atoms. The predicted molar refractivity (Wildman–Crippen MR) is 126 cm³/mol. The van der Waals surface area contributed by atoms with Crippen molar-refractivity contribution in [1.29, 1.82) is 0 Å². The number of carbonyl (C=O) groups is 2. The largest absolute Gasteiger partial charge is 0.462 e. The van der Waals surface area contributed by atoms with Gasteiger partial charge in [0.25, 0.3) is 5.56 Å². The zero-order chi connectivity index (χ0) is 23.0. The Labute approximate surface area is 185 Å². The van der Waals surface area contributed by atoms with Gasteiger partial charge in [0, 0.05) is 16.3 Å². The molecule has 6 nitrogen and oxygen atoms in total. The Bertz CT molecular complexity index is 1250. The number of ether oxygens (including phenoxy) is 1. The van der Waals surface area contributed by atoms with Crippen LogP contribution in [0.15, 0.2) is 23.0 Å². The first-order valence-corrected chi connectivity index (χ1v) is 11.1. The van der Waals surface area contributed by atoms with Crippen LogP contribution in [0, 0.1) is 34.6 Å². The number of aromatic nitrogens is 1. The molecule has 1 N–H and O–H groups in total. The highest BCUT2D eigenvalue weighted by atomic mass is 32.1. The second-order valence-electron chi connectivity index (χ2n) is 7.89. The van der Waals surface area contributed by atoms with Gasteiger partial charge >= 0.3 is 5.97 Å². The number of rotatable bonds is 5. The van der Waals surface area contributed by atoms with Crippen LogP contribution in [0.4, 0.5) is 5.00 Å². The molecule has 0 aliphatic heterocycles. The van der Waals surface area contributed by atoms with Crippen molar-refractivity contribution in [3.63, 3.8) is 0 Å². The third-order valence-electron chi connectivity index (χ3n) is 5.56. The van der Waals surface area contributed by atoms with E-state index in [2.05, 4.69) is 5.32 Å². The van der Waals surface area contributed by atoms with Gasteiger partial charge in [-0.3, -0.25) is 14.2 Å². The Morgan fingerprint density at radius 2 is 1.77 bits per heavy atom. The molecule has 1 aromatic carbocycles. The zero-order valence-electron chi connectivity index (χ0n) is 19.0. The highest BCUT2D eigenvalue weighted by Gasteiger charge is 2.26. The molecule has 3 rings (SSSR count). The Morgan fingerprint density at radius 1 is 1.10 bits per heavy atom. The van der Waals surface area contributed by atoms with Crippen molar-refractivity contribution in [1.82, 2.24) is 4.57 Å². The number of carbonyl (C=O) groups excluding carboxylic acids is 2. The van der Waals surface area contributed by atoms with Gasteiger partial charge in [-0.1, -0.05) is 11.6 Å². The molecule has 1 amide bonds. The highest BCUT2D eigenvalue weighted by Crippen LogP contribution is 2.34. The molecule has 3 aromatic rings. The quantitative estimate of drug-likeness (QED) is 0.568. The van der Waals surface area contributed by atoms with Crippen molar-refractivity contribution >= 4 is 39.1 Å². The van der Waals surface area contributed by atoms with Gasteiger partial charge in [-0.2, -0.15) is 0 Å². The van der Waals surface area contributed by atoms with E-state index < -0.39 is 12.0 Å². The molecule has 1 unspecified atom stereocenters. The number of anilines is 1. The normalized spacial score (nSPS) is 12.1. The van der Waals surface area contributed by atoms with E-state index in [1.165, 1.54) is 15.9 Å². The van der Waals surface area contributed by atoms with Crippen LogP contribution in [0.5, 0.6) is 0 Å². The summed E-state index contributed by atoms with van der Waals surface area (Å²) >= 11 is 1.33. The predicted octanol–water partition coefficient (Wildman–Crippen LogP) is 4.98. The van der Waals surface area contributed by atoms with E-state index >= 15 is 0 Å². The van der Waals surface area contributed by atoms with Crippen molar-refractivity contribution in [2.45, 2.75) is 54.5 Å². The van der Waals surface area contributed by atoms with Crippen LogP contribution in [0.3, 0.4) is 0 Å². The molecule has 0 saturated carbocycles. The number of nitrogens with one attached hydrogen (secondary N) is 1. The minimum Gasteiger partial charge on any atom is -0.462 e. The lowest BCUT2D eigenvalue weighted by Crippen LogP contribution is -2.32. The summed E-state index contributed by atoms with van der Waals surface area (Å²) < 4.78 is 6.70. The summed E-state index contributed by atoms with van der Waals surface area (Å²) in [6, 6.07) is 4.83. The number of aryl methyl sites for hydroxylation is 4. The van der Waals surface area contributed by atoms with Gasteiger partial charge in [-0.05, 0) is 71.2 Å². The first kappa shape index (κ1) is 22.7. The lowest BCUT2D eigenvalue weighted by Gasteiger charge is -2.20. The van der Waals surface area contributed by atoms with Gasteiger partial charge in [0.1, 0.15) is 11.0 Å². The molecule has 0 aliphatic carbocycles. The Morgan fingerprint density at radius 3 is 2.42 bits per heavy atom. The van der Waals surface area contributed by atoms with E-state index in [1.807, 2.05) is 46.8 Å². The summed E-state index contributed by atoms with van der Waals surface area (Å²) in [6.45, 7) is 13.3. The molecular formula is C24H28N2O4S. The number of benzene rings is 1. The molecule has 1 atom stereocenters. The molecule has 0 fully saturated rings. The van der Waals surface area contributed by atoms with Gasteiger partial charge < -0.3 is 10.1 Å². The molecule has 7 heteroatoms. The number of fused-ring (bicyclic) bond motifs is 1. The summed E-state index contributed by atoms with van der Waals surface area (Å²) in [5, 5.41) is 4.26. The molecule has 0 spiro atoms. The maximum absolute atomic E-state index is 13.2. The minimum atomic E-state index is -0.769. The number of hydrogen-bond acceptors (Lipinski definition) is 5. The van der Waals surface area contributed by atoms with E-state index in [0.717, 1.165) is 38.0 Å². The smallest absolute Gasteiger partial charge is 0.341 e. The van der Waals surface area contributed by atoms with Crippen LogP contribution in [-0.2, 0) is 9.53 Å². The van der Waals surface area contributed by atoms with E-state index in [-0.39, 0.29) is 18.1 Å². The van der Waals surface area contributed by atoms with Gasteiger partial charge in [0.05, 0.1) is 17.7 Å². The molecule has 2 aromatic heterocycles. The monoisotopic (exact) mass is 440 g/mol. The van der Waals surface area contributed by atoms with E-state index in [1.54, 1.807) is 19.9 Å². The fraction of sp³-hybridized carbons (Fsp3) is 0.375. The van der Waals surface area contributed by atoms with Crippen LogP contribution in [0.25, 0.3) is 10.9 Å². The number of esters is 1. The van der Waals surface area contributed by atoms with Crippen LogP contribution >= 0.6 is 11.3 Å². The fourth-order valence-electron chi connectivity index (χ4n) is 3.91. The summed E-state index contributed by atoms with van der Waals surface area (Å²) in [6.07, 6.45) is 0. The molecular weight excluding hydrogens is 412 g/mol. The summed E-state index contributed by atoms with van der Waals surface area (Å²) in [5.74, 6) is -0.824. The zero-order valence-corrected chi connectivity index (χ0v) is 19.8. The van der Waals surface area contributed by atoms with E-state index in [0.29, 0.717) is 10.6 Å². The first-order valence-electron chi connectivity index (χ1n) is 10.3. The minimum absolute atomic E-state index is 0.233. The van der Waals surface area contributed by atoms with Crippen molar-refractivity contribution in [2.75, 3.05) is 11.9 Å². The molecule has 0 saturated heterocycles. The number of nitrogens with zero attached hydrogens (tertiary/aromatic N) is 1. The van der Waals surface area contributed by atoms with Gasteiger partial charge in [0.2, 0.25) is 5.91 Å². The first-order chi connectivity index (χ1) is 14.6. The van der Waals surface area contributed by atoms with Crippen molar-refractivity contribution in [3.05, 3.63) is 61.2 Å². The summed E-state index contributed by atoms with van der Waals surface area (Å²) in [5.41, 5.74) is 4.59. The van der Waals surface area contributed by atoms with Crippen LogP contribution < -0.4 is 10.9 Å². The topological polar surface area (TPSA) is 77.4 Å². The molecule has 2 heterocycles. The average Bonchev–Trinajstić information content (AvgIpc) is 2.95. The number of amides is 1. The number of hydrogen-bond donors (Lipinski definition) is 1. The third kappa shape index (κ3) is 4.14. The number of thiophene rings is 1. The molecule has 0 radical (unpaired) electrons. The fourth-order valence-corrected chi connectivity index (χ4v) is 4.96. The van der Waals surface area contributed by atoms with Crippen LogP contribution in [0.1, 0.15) is 57.4 Å². The maximum Gasteiger partial charge on any atom is 0.341 e. The van der Waals surface area contributed by atoms with Crippen LogP contribution in [-0.4, -0.2) is 23.1 Å². The van der Waals surface area contributed by atoms with Crippen LogP contribution in [0.2, 0.25) is 0 Å². The van der Waals surface area contributed by atoms with Gasteiger partial charge in [-0.25, -0.2) is 4.79 Å². The van der Waals surface area contributed by atoms with Crippen molar-refractivity contribution in [3.8, 4) is 0 Å². The second-order valence-corrected chi connectivity index (χ2v) is 9.11. The van der Waals surface area contributed by atoms with E-state index in [4.69, 9.17) is 4.74 Å². The Balaban J connectivity index is 2.07.